The predicted octanol–water partition coefficient (Wildman–Crippen LogP) is 11.4. The maximum Gasteiger partial charge on any atom is 0.697 e. The molecule has 2 unspecified atom stereocenters. The Morgan fingerprint density at radius 1 is 0.432 bits per heavy atom. The highest BCUT2D eigenvalue weighted by Crippen LogP contribution is 2.25. The molecule has 0 spiro atoms. The largest absolute Gasteiger partial charge is 0.697 e. The van der Waals surface area contributed by atoms with Gasteiger partial charge in [0.15, 0.2) is 0 Å². The third-order valence-electron chi connectivity index (χ3n) is 8.34. The fourth-order valence-corrected chi connectivity index (χ4v) is 6.04. The lowest BCUT2D eigenvalue weighted by Crippen LogP contribution is -2.20. The van der Waals surface area contributed by atoms with Crippen molar-refractivity contribution in [2.45, 2.75) is 182 Å². The van der Waals surface area contributed by atoms with Crippen LogP contribution >= 0.6 is 8.25 Å². The van der Waals surface area contributed by atoms with Gasteiger partial charge in [-0.15, -0.1) is 9.05 Å². The third-order valence-corrected chi connectivity index (χ3v) is 9.13. The van der Waals surface area contributed by atoms with E-state index in [4.69, 9.17) is 18.5 Å². The molecule has 260 valence electrons. The van der Waals surface area contributed by atoms with Crippen LogP contribution in [0, 0.1) is 11.8 Å². The number of carbonyl (C=O) groups is 2. The summed E-state index contributed by atoms with van der Waals surface area (Å²) in [6, 6.07) is 0. The van der Waals surface area contributed by atoms with Crippen molar-refractivity contribution >= 4 is 20.2 Å². The zero-order valence-corrected chi connectivity index (χ0v) is 30.2. The summed E-state index contributed by atoms with van der Waals surface area (Å²) < 4.78 is 33.5. The first-order valence-electron chi connectivity index (χ1n) is 18.6. The van der Waals surface area contributed by atoms with Crippen molar-refractivity contribution < 1.29 is 32.7 Å². The number of esters is 2. The van der Waals surface area contributed by atoms with Crippen LogP contribution in [-0.4, -0.2) is 38.4 Å². The highest BCUT2D eigenvalue weighted by atomic mass is 31.1. The second kappa shape index (κ2) is 33.3. The lowest BCUT2D eigenvalue weighted by molar-refractivity contribution is -0.150. The molecule has 0 aliphatic heterocycles. The van der Waals surface area contributed by atoms with E-state index >= 15 is 0 Å². The molecule has 0 aliphatic carbocycles. The molecule has 0 saturated carbocycles. The van der Waals surface area contributed by atoms with Gasteiger partial charge in [0.2, 0.25) is 0 Å². The summed E-state index contributed by atoms with van der Waals surface area (Å²) in [5.74, 6) is -0.498. The number of hydrogen-bond donors (Lipinski definition) is 0. The summed E-state index contributed by atoms with van der Waals surface area (Å²) in [5, 5.41) is 0. The first-order chi connectivity index (χ1) is 21.5. The van der Waals surface area contributed by atoms with Gasteiger partial charge < -0.3 is 9.47 Å². The first-order valence-corrected chi connectivity index (χ1v) is 19.7. The van der Waals surface area contributed by atoms with Gasteiger partial charge in [-0.05, 0) is 25.7 Å². The highest BCUT2D eigenvalue weighted by Gasteiger charge is 2.24. The van der Waals surface area contributed by atoms with E-state index in [1.165, 1.54) is 77.0 Å². The molecule has 0 fully saturated rings. The van der Waals surface area contributed by atoms with Crippen LogP contribution in [-0.2, 0) is 32.7 Å². The quantitative estimate of drug-likeness (QED) is 0.0391. The molecule has 8 heteroatoms. The second-order valence-corrected chi connectivity index (χ2v) is 13.4. The van der Waals surface area contributed by atoms with Gasteiger partial charge in [-0.1, -0.05) is 156 Å². The first kappa shape index (κ1) is 43.0. The number of carbonyl (C=O) groups excluding carboxylic acids is 2. The van der Waals surface area contributed by atoms with Crippen LogP contribution in [0.5, 0.6) is 0 Å². The molecule has 0 aromatic rings. The summed E-state index contributed by atoms with van der Waals surface area (Å²) in [7, 11) is -2.37. The van der Waals surface area contributed by atoms with Crippen LogP contribution in [0.3, 0.4) is 0 Å². The van der Waals surface area contributed by atoms with Crippen molar-refractivity contribution in [2.75, 3.05) is 26.4 Å². The summed E-state index contributed by atoms with van der Waals surface area (Å²) in [4.78, 5) is 25.5. The van der Waals surface area contributed by atoms with Gasteiger partial charge in [-0.2, -0.15) is 0 Å². The molecule has 0 aromatic carbocycles. The minimum absolute atomic E-state index is 0.0123. The SMILES string of the molecule is CCCCCCCCC(CCCCCC)C(=O)OCCO[P+](=O)OCCOC(=O)C(CCCCCC)CCCCCCCC. The Morgan fingerprint density at radius 2 is 0.705 bits per heavy atom. The lowest BCUT2D eigenvalue weighted by atomic mass is 9.94. The van der Waals surface area contributed by atoms with Crippen molar-refractivity contribution in [2.24, 2.45) is 11.8 Å². The zero-order valence-electron chi connectivity index (χ0n) is 29.3. The van der Waals surface area contributed by atoms with Crippen LogP contribution in [0.1, 0.15) is 182 Å². The van der Waals surface area contributed by atoms with E-state index in [9.17, 15) is 14.2 Å². The van der Waals surface area contributed by atoms with Crippen LogP contribution in [0.15, 0.2) is 0 Å². The standard InChI is InChI=1S/C36H70O7P/c1-5-9-13-17-19-23-27-33(25-21-15-11-7-3)35(37)40-29-31-42-44(39)43-32-30-41-36(38)34(26-22-16-12-8-4)28-24-20-18-14-10-6-2/h33-34H,5-32H2,1-4H3/q+1. The zero-order chi connectivity index (χ0) is 32.5. The minimum atomic E-state index is -2.37. The van der Waals surface area contributed by atoms with Gasteiger partial charge in [0, 0.05) is 4.57 Å². The molecule has 7 nitrogen and oxygen atoms in total. The smallest absolute Gasteiger partial charge is 0.463 e. The summed E-state index contributed by atoms with van der Waals surface area (Å²) in [6.45, 7) is 8.94. The summed E-state index contributed by atoms with van der Waals surface area (Å²) >= 11 is 0. The third kappa shape index (κ3) is 27.3. The molecule has 2 atom stereocenters. The Bertz CT molecular complexity index is 619. The molecule has 0 heterocycles. The van der Waals surface area contributed by atoms with Gasteiger partial charge in [0.25, 0.3) is 0 Å². The topological polar surface area (TPSA) is 88.1 Å². The molecule has 44 heavy (non-hydrogen) atoms. The number of ether oxygens (including phenoxy) is 2. The number of rotatable bonds is 34. The Kier molecular flexibility index (Phi) is 32.5. The Hall–Kier alpha value is -1.04. The van der Waals surface area contributed by atoms with Crippen molar-refractivity contribution in [1.82, 2.24) is 0 Å². The molecule has 0 saturated heterocycles. The Balaban J connectivity index is 4.30. The van der Waals surface area contributed by atoms with E-state index in [0.717, 1.165) is 77.0 Å². The van der Waals surface area contributed by atoms with Crippen molar-refractivity contribution in [3.8, 4) is 0 Å². The lowest BCUT2D eigenvalue weighted by Gasteiger charge is -2.16. The summed E-state index contributed by atoms with van der Waals surface area (Å²) in [6.07, 6.45) is 27.0. The molecule has 0 bridgehead atoms. The molecule has 0 aromatic heterocycles. The van der Waals surface area contributed by atoms with Gasteiger partial charge >= 0.3 is 20.2 Å². The monoisotopic (exact) mass is 645 g/mol. The van der Waals surface area contributed by atoms with Gasteiger partial charge in [-0.25, -0.2) is 0 Å². The molecular formula is C36H70O7P+. The fourth-order valence-electron chi connectivity index (χ4n) is 5.52. The minimum Gasteiger partial charge on any atom is -0.463 e. The molecule has 0 amide bonds. The number of hydrogen-bond acceptors (Lipinski definition) is 7. The normalized spacial score (nSPS) is 13.0. The molecule has 0 radical (unpaired) electrons. The van der Waals surface area contributed by atoms with E-state index in [0.29, 0.717) is 0 Å². The molecular weight excluding hydrogens is 575 g/mol. The molecule has 0 aliphatic rings. The average molecular weight is 646 g/mol. The van der Waals surface area contributed by atoms with Crippen LogP contribution in [0.25, 0.3) is 0 Å². The van der Waals surface area contributed by atoms with Crippen LogP contribution < -0.4 is 0 Å². The van der Waals surface area contributed by atoms with Crippen molar-refractivity contribution in [1.29, 1.82) is 0 Å². The maximum atomic E-state index is 12.7. The van der Waals surface area contributed by atoms with Gasteiger partial charge in [0.05, 0.1) is 11.8 Å². The van der Waals surface area contributed by atoms with Crippen molar-refractivity contribution in [3.05, 3.63) is 0 Å². The Labute approximate surface area is 272 Å². The van der Waals surface area contributed by atoms with E-state index in [1.807, 2.05) is 0 Å². The van der Waals surface area contributed by atoms with Crippen molar-refractivity contribution in [3.63, 3.8) is 0 Å². The van der Waals surface area contributed by atoms with Crippen LogP contribution in [0.2, 0.25) is 0 Å². The van der Waals surface area contributed by atoms with E-state index in [2.05, 4.69) is 27.7 Å². The van der Waals surface area contributed by atoms with E-state index in [-0.39, 0.29) is 50.2 Å². The van der Waals surface area contributed by atoms with E-state index in [1.54, 1.807) is 0 Å². The summed E-state index contributed by atoms with van der Waals surface area (Å²) in [5.41, 5.74) is 0. The fraction of sp³-hybridized carbons (Fsp3) is 0.944. The molecule has 0 rings (SSSR count). The maximum absolute atomic E-state index is 12.7. The predicted molar refractivity (Wildman–Crippen MR) is 182 cm³/mol. The molecule has 0 N–H and O–H groups in total. The van der Waals surface area contributed by atoms with Gasteiger partial charge in [-0.3, -0.25) is 9.59 Å². The van der Waals surface area contributed by atoms with Gasteiger partial charge in [0.1, 0.15) is 26.4 Å². The highest BCUT2D eigenvalue weighted by molar-refractivity contribution is 7.33. The average Bonchev–Trinajstić information content (AvgIpc) is 3.02. The number of unbranched alkanes of at least 4 members (excludes halogenated alkanes) is 16. The van der Waals surface area contributed by atoms with Crippen LogP contribution in [0.4, 0.5) is 0 Å². The Morgan fingerprint density at radius 3 is 1.02 bits per heavy atom. The second-order valence-electron chi connectivity index (χ2n) is 12.4. The van der Waals surface area contributed by atoms with E-state index < -0.39 is 8.25 Å².